The van der Waals surface area contributed by atoms with Gasteiger partial charge in [0.1, 0.15) is 0 Å². The molecule has 1 aromatic rings. The van der Waals surface area contributed by atoms with E-state index in [0.717, 1.165) is 0 Å². The Morgan fingerprint density at radius 1 is 1.39 bits per heavy atom. The number of halogens is 1. The molecular formula is C12H8ClNO4. The van der Waals surface area contributed by atoms with Crippen LogP contribution in [0.5, 0.6) is 11.5 Å². The van der Waals surface area contributed by atoms with Crippen LogP contribution in [0.3, 0.4) is 0 Å². The van der Waals surface area contributed by atoms with Gasteiger partial charge in [0.2, 0.25) is 6.79 Å². The van der Waals surface area contributed by atoms with E-state index in [1.807, 2.05) is 0 Å². The molecule has 0 spiro atoms. The van der Waals surface area contributed by atoms with Crippen molar-refractivity contribution < 1.29 is 19.0 Å². The SMILES string of the molecule is CC1=NC(=Cc2ccc3c(c2Cl)OCO3)C(=O)O1. The summed E-state index contributed by atoms with van der Waals surface area (Å²) in [6.45, 7) is 1.76. The van der Waals surface area contributed by atoms with Crippen LogP contribution < -0.4 is 9.47 Å². The van der Waals surface area contributed by atoms with Crippen molar-refractivity contribution in [1.29, 1.82) is 0 Å². The van der Waals surface area contributed by atoms with Crippen molar-refractivity contribution in [3.8, 4) is 11.5 Å². The van der Waals surface area contributed by atoms with Crippen LogP contribution in [0.1, 0.15) is 12.5 Å². The second kappa shape index (κ2) is 4.03. The molecule has 0 saturated carbocycles. The number of rotatable bonds is 1. The second-order valence-electron chi connectivity index (χ2n) is 3.75. The Kier molecular flexibility index (Phi) is 2.48. The average Bonchev–Trinajstić information content (AvgIpc) is 2.90. The molecule has 18 heavy (non-hydrogen) atoms. The molecule has 0 atom stereocenters. The van der Waals surface area contributed by atoms with Gasteiger partial charge in [0.05, 0.1) is 5.02 Å². The molecule has 0 fully saturated rings. The molecule has 1 aromatic carbocycles. The minimum atomic E-state index is -0.485. The first kappa shape index (κ1) is 11.1. The van der Waals surface area contributed by atoms with E-state index in [0.29, 0.717) is 28.0 Å². The summed E-state index contributed by atoms with van der Waals surface area (Å²) in [5.74, 6) is 0.915. The molecule has 3 rings (SSSR count). The summed E-state index contributed by atoms with van der Waals surface area (Å²) in [5, 5.41) is 0.394. The molecule has 2 heterocycles. The first-order chi connectivity index (χ1) is 8.65. The maximum atomic E-state index is 11.4. The Balaban J connectivity index is 2.04. The number of aliphatic imine (C=N–C) groups is 1. The van der Waals surface area contributed by atoms with Crippen molar-refractivity contribution in [2.24, 2.45) is 4.99 Å². The zero-order chi connectivity index (χ0) is 12.7. The van der Waals surface area contributed by atoms with Crippen LogP contribution in [0.2, 0.25) is 5.02 Å². The third kappa shape index (κ3) is 1.73. The fourth-order valence-corrected chi connectivity index (χ4v) is 1.99. The normalized spacial score (nSPS) is 19.1. The molecule has 0 bridgehead atoms. The lowest BCUT2D eigenvalue weighted by molar-refractivity contribution is -0.130. The van der Waals surface area contributed by atoms with Gasteiger partial charge < -0.3 is 14.2 Å². The highest BCUT2D eigenvalue weighted by molar-refractivity contribution is 6.34. The predicted molar refractivity (Wildman–Crippen MR) is 64.8 cm³/mol. The summed E-state index contributed by atoms with van der Waals surface area (Å²) in [6, 6.07) is 3.47. The van der Waals surface area contributed by atoms with Gasteiger partial charge in [-0.3, -0.25) is 0 Å². The quantitative estimate of drug-likeness (QED) is 0.578. The third-order valence-corrected chi connectivity index (χ3v) is 2.92. The number of carbonyl (C=O) groups is 1. The van der Waals surface area contributed by atoms with E-state index in [4.69, 9.17) is 25.8 Å². The molecule has 92 valence electrons. The van der Waals surface area contributed by atoms with Gasteiger partial charge in [0, 0.05) is 6.92 Å². The number of benzene rings is 1. The van der Waals surface area contributed by atoms with E-state index in [-0.39, 0.29) is 12.5 Å². The van der Waals surface area contributed by atoms with Crippen molar-refractivity contribution in [3.05, 3.63) is 28.4 Å². The van der Waals surface area contributed by atoms with Gasteiger partial charge in [-0.05, 0) is 23.8 Å². The molecule has 0 radical (unpaired) electrons. The standard InChI is InChI=1S/C12H8ClNO4/c1-6-14-8(12(15)18-6)4-7-2-3-9-11(10(7)13)17-5-16-9/h2-4H,5H2,1H3. The fraction of sp³-hybridized carbons (Fsp3) is 0.167. The predicted octanol–water partition coefficient (Wildman–Crippen LogP) is 2.38. The third-order valence-electron chi connectivity index (χ3n) is 2.53. The van der Waals surface area contributed by atoms with Crippen LogP contribution in [0.15, 0.2) is 22.8 Å². The van der Waals surface area contributed by atoms with Gasteiger partial charge in [-0.25, -0.2) is 9.79 Å². The number of hydrogen-bond donors (Lipinski definition) is 0. The van der Waals surface area contributed by atoms with E-state index in [9.17, 15) is 4.79 Å². The van der Waals surface area contributed by atoms with Crippen LogP contribution in [0.4, 0.5) is 0 Å². The zero-order valence-electron chi connectivity index (χ0n) is 9.40. The number of cyclic esters (lactones) is 1. The van der Waals surface area contributed by atoms with E-state index in [2.05, 4.69) is 4.99 Å². The minimum absolute atomic E-state index is 0.147. The van der Waals surface area contributed by atoms with Crippen molar-refractivity contribution in [2.75, 3.05) is 6.79 Å². The second-order valence-corrected chi connectivity index (χ2v) is 4.13. The molecule has 0 aromatic heterocycles. The minimum Gasteiger partial charge on any atom is -0.454 e. The number of carbonyl (C=O) groups excluding carboxylic acids is 1. The molecule has 0 saturated heterocycles. The molecule has 5 nitrogen and oxygen atoms in total. The van der Waals surface area contributed by atoms with E-state index < -0.39 is 5.97 Å². The maximum absolute atomic E-state index is 11.4. The van der Waals surface area contributed by atoms with Gasteiger partial charge in [-0.1, -0.05) is 11.6 Å². The smallest absolute Gasteiger partial charge is 0.363 e. The van der Waals surface area contributed by atoms with Crippen LogP contribution >= 0.6 is 11.6 Å². The largest absolute Gasteiger partial charge is 0.454 e. The highest BCUT2D eigenvalue weighted by Crippen LogP contribution is 2.41. The van der Waals surface area contributed by atoms with E-state index >= 15 is 0 Å². The lowest BCUT2D eigenvalue weighted by atomic mass is 10.1. The molecule has 0 amide bonds. The summed E-state index contributed by atoms with van der Waals surface area (Å²) in [4.78, 5) is 15.4. The highest BCUT2D eigenvalue weighted by Gasteiger charge is 2.23. The molecule has 2 aliphatic heterocycles. The Hall–Kier alpha value is -2.01. The van der Waals surface area contributed by atoms with E-state index in [1.54, 1.807) is 25.1 Å². The van der Waals surface area contributed by atoms with Gasteiger partial charge >= 0.3 is 5.97 Å². The van der Waals surface area contributed by atoms with Crippen LogP contribution in [0, 0.1) is 0 Å². The summed E-state index contributed by atoms with van der Waals surface area (Å²) >= 11 is 6.17. The lowest BCUT2D eigenvalue weighted by Gasteiger charge is -2.02. The first-order valence-electron chi connectivity index (χ1n) is 5.22. The van der Waals surface area contributed by atoms with Crippen LogP contribution in [-0.2, 0) is 9.53 Å². The van der Waals surface area contributed by atoms with Gasteiger partial charge in [0.25, 0.3) is 0 Å². The average molecular weight is 266 g/mol. The van der Waals surface area contributed by atoms with Crippen molar-refractivity contribution in [1.82, 2.24) is 0 Å². The van der Waals surface area contributed by atoms with E-state index in [1.165, 1.54) is 0 Å². The topological polar surface area (TPSA) is 57.1 Å². The number of nitrogens with zero attached hydrogens (tertiary/aromatic N) is 1. The molecule has 2 aliphatic rings. The van der Waals surface area contributed by atoms with Crippen molar-refractivity contribution in [2.45, 2.75) is 6.92 Å². The Morgan fingerprint density at radius 3 is 2.94 bits per heavy atom. The monoisotopic (exact) mass is 265 g/mol. The highest BCUT2D eigenvalue weighted by atomic mass is 35.5. The number of ether oxygens (including phenoxy) is 3. The molecule has 0 unspecified atom stereocenters. The summed E-state index contributed by atoms with van der Waals surface area (Å²) in [7, 11) is 0. The molecule has 6 heteroatoms. The first-order valence-corrected chi connectivity index (χ1v) is 5.60. The summed E-state index contributed by atoms with van der Waals surface area (Å²) in [6.07, 6.45) is 1.56. The molecular weight excluding hydrogens is 258 g/mol. The van der Waals surface area contributed by atoms with Crippen molar-refractivity contribution in [3.63, 3.8) is 0 Å². The fourth-order valence-electron chi connectivity index (χ4n) is 1.73. The lowest BCUT2D eigenvalue weighted by Crippen LogP contribution is -1.99. The molecule has 0 aliphatic carbocycles. The Morgan fingerprint density at radius 2 is 2.22 bits per heavy atom. The maximum Gasteiger partial charge on any atom is 0.363 e. The summed E-state index contributed by atoms with van der Waals surface area (Å²) in [5.41, 5.74) is 0.847. The summed E-state index contributed by atoms with van der Waals surface area (Å²) < 4.78 is 15.3. The number of esters is 1. The Labute approximate surface area is 108 Å². The van der Waals surface area contributed by atoms with Crippen molar-refractivity contribution >= 4 is 29.5 Å². The van der Waals surface area contributed by atoms with Crippen LogP contribution in [-0.4, -0.2) is 18.7 Å². The number of hydrogen-bond acceptors (Lipinski definition) is 5. The zero-order valence-corrected chi connectivity index (χ0v) is 10.2. The van der Waals surface area contributed by atoms with Gasteiger partial charge in [0.15, 0.2) is 23.1 Å². The number of fused-ring (bicyclic) bond motifs is 1. The van der Waals surface area contributed by atoms with Gasteiger partial charge in [-0.2, -0.15) is 0 Å². The van der Waals surface area contributed by atoms with Crippen LogP contribution in [0.25, 0.3) is 6.08 Å². The molecule has 0 N–H and O–H groups in total. The Bertz CT molecular complexity index is 606. The van der Waals surface area contributed by atoms with Gasteiger partial charge in [-0.15, -0.1) is 0 Å².